The van der Waals surface area contributed by atoms with E-state index in [9.17, 15) is 32.7 Å². The van der Waals surface area contributed by atoms with E-state index in [2.05, 4.69) is 5.32 Å². The van der Waals surface area contributed by atoms with Crippen LogP contribution in [-0.2, 0) is 16.7 Å². The van der Waals surface area contributed by atoms with Gasteiger partial charge in [0.15, 0.2) is 0 Å². The number of benzene rings is 4. The number of carbonyl (C=O) groups is 2. The van der Waals surface area contributed by atoms with Gasteiger partial charge < -0.3 is 15.2 Å². The lowest BCUT2D eigenvalue weighted by molar-refractivity contribution is -0.140. The Morgan fingerprint density at radius 3 is 2.04 bits per heavy atom. The number of pyridine rings is 1. The molecule has 0 aliphatic carbocycles. The minimum atomic E-state index is -4.58. The van der Waals surface area contributed by atoms with Gasteiger partial charge >= 0.3 is 12.1 Å². The fourth-order valence-corrected chi connectivity index (χ4v) is 5.63. The van der Waals surface area contributed by atoms with E-state index in [1.54, 1.807) is 36.4 Å². The van der Waals surface area contributed by atoms with Crippen molar-refractivity contribution in [2.24, 2.45) is 0 Å². The van der Waals surface area contributed by atoms with Crippen LogP contribution < -0.4 is 15.6 Å². The molecule has 1 atom stereocenters. The van der Waals surface area contributed by atoms with Gasteiger partial charge in [-0.1, -0.05) is 60.7 Å². The van der Waals surface area contributed by atoms with Crippen molar-refractivity contribution in [3.63, 3.8) is 0 Å². The number of anilines is 1. The molecule has 1 amide bonds. The molecule has 5 rings (SSSR count). The molecule has 0 saturated heterocycles. The molecule has 0 radical (unpaired) electrons. The fourth-order valence-electron chi connectivity index (χ4n) is 4.56. The van der Waals surface area contributed by atoms with E-state index in [4.69, 9.17) is 4.74 Å². The summed E-state index contributed by atoms with van der Waals surface area (Å²) in [4.78, 5) is 39.2. The third kappa shape index (κ3) is 8.05. The summed E-state index contributed by atoms with van der Waals surface area (Å²) in [6, 6.07) is 29.1. The summed E-state index contributed by atoms with van der Waals surface area (Å²) >= 11 is 1.33. The summed E-state index contributed by atoms with van der Waals surface area (Å²) in [5, 5.41) is 12.6. The summed E-state index contributed by atoms with van der Waals surface area (Å²) < 4.78 is 46.0. The molecule has 0 aliphatic rings. The van der Waals surface area contributed by atoms with E-state index in [0.29, 0.717) is 28.4 Å². The van der Waals surface area contributed by atoms with Crippen LogP contribution in [0.5, 0.6) is 11.5 Å². The number of alkyl halides is 3. The van der Waals surface area contributed by atoms with E-state index in [-0.39, 0.29) is 17.0 Å². The van der Waals surface area contributed by atoms with Crippen LogP contribution in [0.2, 0.25) is 0 Å². The number of carboxylic acid groups (broad SMARTS) is 1. The van der Waals surface area contributed by atoms with E-state index in [1.807, 2.05) is 48.5 Å². The van der Waals surface area contributed by atoms with Crippen molar-refractivity contribution in [3.05, 3.63) is 149 Å². The van der Waals surface area contributed by atoms with Crippen molar-refractivity contribution in [2.45, 2.75) is 18.0 Å². The first kappa shape index (κ1) is 32.1. The van der Waals surface area contributed by atoms with Crippen LogP contribution in [0.25, 0.3) is 11.1 Å². The Hall–Kier alpha value is -5.29. The fraction of sp³-hybridized carbons (Fsp3) is 0.114. The normalized spacial score (nSPS) is 11.9. The monoisotopic (exact) mass is 644 g/mol. The number of carboxylic acids is 1. The maximum absolute atomic E-state index is 13.6. The number of aliphatic carboxylic acids is 1. The highest BCUT2D eigenvalue weighted by atomic mass is 32.2. The largest absolute Gasteiger partial charge is 0.480 e. The Morgan fingerprint density at radius 1 is 0.826 bits per heavy atom. The highest BCUT2D eigenvalue weighted by Gasteiger charge is 2.30. The highest BCUT2D eigenvalue weighted by molar-refractivity contribution is 7.98. The maximum Gasteiger partial charge on any atom is 0.416 e. The lowest BCUT2D eigenvalue weighted by atomic mass is 10.1. The average molecular weight is 645 g/mol. The van der Waals surface area contributed by atoms with Crippen LogP contribution in [0.15, 0.2) is 126 Å². The number of ether oxygens (including phenoxy) is 1. The number of amides is 1. The van der Waals surface area contributed by atoms with Crippen LogP contribution >= 0.6 is 11.8 Å². The number of rotatable bonds is 11. The molecule has 46 heavy (non-hydrogen) atoms. The molecule has 4 aromatic carbocycles. The van der Waals surface area contributed by atoms with E-state index in [1.165, 1.54) is 24.0 Å². The minimum absolute atomic E-state index is 0.0454. The van der Waals surface area contributed by atoms with Gasteiger partial charge in [-0.2, -0.15) is 24.9 Å². The second-order valence-corrected chi connectivity index (χ2v) is 11.2. The van der Waals surface area contributed by atoms with Crippen molar-refractivity contribution in [2.75, 3.05) is 11.1 Å². The molecule has 1 aromatic heterocycles. The van der Waals surface area contributed by atoms with Crippen LogP contribution in [-0.4, -0.2) is 27.3 Å². The van der Waals surface area contributed by atoms with E-state index >= 15 is 0 Å². The quantitative estimate of drug-likeness (QED) is 0.151. The topological polar surface area (TPSA) is 97.6 Å². The van der Waals surface area contributed by atoms with Crippen LogP contribution in [0.3, 0.4) is 0 Å². The second kappa shape index (κ2) is 14.2. The summed E-state index contributed by atoms with van der Waals surface area (Å²) in [5.74, 6) is -0.337. The number of nitrogens with zero attached hydrogens (tertiary/aromatic N) is 1. The molecule has 0 spiro atoms. The smallest absolute Gasteiger partial charge is 0.416 e. The SMILES string of the molecule is O=C(Nc1cc(-c2ccc(Oc3ccccc3)cc2)cn([C@@H](CSCc2ccccc2)C(=O)O)c1=O)c1ccc(C(F)(F)F)cc1. The molecule has 0 aliphatic heterocycles. The molecular formula is C35H27F3N2O5S. The van der Waals surface area contributed by atoms with Crippen LogP contribution in [0, 0.1) is 0 Å². The third-order valence-corrected chi connectivity index (χ3v) is 8.03. The Kier molecular flexibility index (Phi) is 9.92. The van der Waals surface area contributed by atoms with Crippen LogP contribution in [0.1, 0.15) is 27.5 Å². The minimum Gasteiger partial charge on any atom is -0.480 e. The first-order chi connectivity index (χ1) is 22.1. The number of nitrogens with one attached hydrogen (secondary N) is 1. The molecule has 1 heterocycles. The number of thioether (sulfide) groups is 1. The number of hydrogen-bond donors (Lipinski definition) is 2. The third-order valence-electron chi connectivity index (χ3n) is 6.94. The van der Waals surface area contributed by atoms with Gasteiger partial charge in [0.05, 0.1) is 5.56 Å². The van der Waals surface area contributed by atoms with Crippen molar-refractivity contribution in [1.82, 2.24) is 4.57 Å². The zero-order chi connectivity index (χ0) is 32.7. The van der Waals surface area contributed by atoms with Crippen molar-refractivity contribution in [1.29, 1.82) is 0 Å². The van der Waals surface area contributed by atoms with Gasteiger partial charge in [0.2, 0.25) is 0 Å². The van der Waals surface area contributed by atoms with Crippen LogP contribution in [0.4, 0.5) is 18.9 Å². The molecule has 0 bridgehead atoms. The van der Waals surface area contributed by atoms with Gasteiger partial charge in [-0.15, -0.1) is 0 Å². The van der Waals surface area contributed by atoms with Gasteiger partial charge in [-0.05, 0) is 65.7 Å². The average Bonchev–Trinajstić information content (AvgIpc) is 3.05. The Bertz CT molecular complexity index is 1860. The number of para-hydroxylation sites is 1. The number of aromatic nitrogens is 1. The van der Waals surface area contributed by atoms with Gasteiger partial charge in [-0.3, -0.25) is 14.2 Å². The summed E-state index contributed by atoms with van der Waals surface area (Å²) in [7, 11) is 0. The van der Waals surface area contributed by atoms with Gasteiger partial charge in [0, 0.05) is 28.8 Å². The molecule has 11 heteroatoms. The molecule has 0 fully saturated rings. The van der Waals surface area contributed by atoms with Gasteiger partial charge in [-0.25, -0.2) is 4.79 Å². The lowest BCUT2D eigenvalue weighted by Gasteiger charge is -2.19. The predicted molar refractivity (Wildman–Crippen MR) is 171 cm³/mol. The predicted octanol–water partition coefficient (Wildman–Crippen LogP) is 8.14. The molecule has 5 aromatic rings. The van der Waals surface area contributed by atoms with E-state index in [0.717, 1.165) is 34.4 Å². The van der Waals surface area contributed by atoms with Crippen molar-refractivity contribution >= 4 is 29.3 Å². The highest BCUT2D eigenvalue weighted by Crippen LogP contribution is 2.30. The second-order valence-electron chi connectivity index (χ2n) is 10.2. The number of hydrogen-bond acceptors (Lipinski definition) is 5. The summed E-state index contributed by atoms with van der Waals surface area (Å²) in [6.45, 7) is 0. The summed E-state index contributed by atoms with van der Waals surface area (Å²) in [6.07, 6.45) is -3.16. The Labute approximate surface area is 266 Å². The molecular weight excluding hydrogens is 617 g/mol. The number of halogens is 3. The molecule has 2 N–H and O–H groups in total. The van der Waals surface area contributed by atoms with Gasteiger partial charge in [0.25, 0.3) is 11.5 Å². The standard InChI is InChI=1S/C35H27F3N2O5S/c36-35(37,38)27-15-11-25(12-16-27)32(41)39-30-19-26(24-13-17-29(18-14-24)45-28-9-5-2-6-10-28)20-40(33(30)42)31(34(43)44)22-46-21-23-7-3-1-4-8-23/h1-20,31H,21-22H2,(H,39,41)(H,43,44)/t31-/m0/s1. The molecule has 0 saturated carbocycles. The summed E-state index contributed by atoms with van der Waals surface area (Å²) in [5.41, 5.74) is -0.0364. The maximum atomic E-state index is 13.6. The molecule has 234 valence electrons. The number of carbonyl (C=O) groups excluding carboxylic acids is 1. The molecule has 0 unspecified atom stereocenters. The van der Waals surface area contributed by atoms with Crippen molar-refractivity contribution < 1.29 is 32.6 Å². The Balaban J connectivity index is 1.47. The van der Waals surface area contributed by atoms with Crippen molar-refractivity contribution in [3.8, 4) is 22.6 Å². The first-order valence-corrected chi connectivity index (χ1v) is 15.2. The zero-order valence-corrected chi connectivity index (χ0v) is 24.9. The zero-order valence-electron chi connectivity index (χ0n) is 24.1. The van der Waals surface area contributed by atoms with Gasteiger partial charge in [0.1, 0.15) is 23.2 Å². The Morgan fingerprint density at radius 2 is 1.43 bits per heavy atom. The first-order valence-electron chi connectivity index (χ1n) is 14.0. The van der Waals surface area contributed by atoms with E-state index < -0.39 is 35.2 Å². The lowest BCUT2D eigenvalue weighted by Crippen LogP contribution is -2.33. The molecule has 7 nitrogen and oxygen atoms in total.